The van der Waals surface area contributed by atoms with Crippen molar-refractivity contribution in [2.45, 2.75) is 71.6 Å². The lowest BCUT2D eigenvalue weighted by Gasteiger charge is -2.27. The minimum absolute atomic E-state index is 0.0470. The van der Waals surface area contributed by atoms with Gasteiger partial charge in [-0.25, -0.2) is 4.68 Å². The molecular formula is C24H33N9O2. The van der Waals surface area contributed by atoms with Crippen LogP contribution in [0, 0.1) is 17.8 Å². The van der Waals surface area contributed by atoms with E-state index in [1.54, 1.807) is 40.2 Å². The summed E-state index contributed by atoms with van der Waals surface area (Å²) in [7, 11) is 0. The molecule has 2 N–H and O–H groups in total. The smallest absolute Gasteiger partial charge is 0.270 e. The van der Waals surface area contributed by atoms with Gasteiger partial charge in [0, 0.05) is 25.0 Å². The van der Waals surface area contributed by atoms with Gasteiger partial charge in [-0.1, -0.05) is 5.21 Å². The number of nitrogens with one attached hydrogen (secondary N) is 2. The number of carbonyl (C=O) groups is 2. The monoisotopic (exact) mass is 479 g/mol. The van der Waals surface area contributed by atoms with Crippen LogP contribution in [0.3, 0.4) is 0 Å². The minimum atomic E-state index is -0.605. The highest BCUT2D eigenvalue weighted by Gasteiger charge is 2.48. The first-order chi connectivity index (χ1) is 16.9. The van der Waals surface area contributed by atoms with Crippen LogP contribution in [0.25, 0.3) is 0 Å². The Bertz CT molecular complexity index is 1170. The molecule has 2 saturated carbocycles. The Morgan fingerprint density at radius 2 is 1.86 bits per heavy atom. The zero-order chi connectivity index (χ0) is 24.5. The normalized spacial score (nSPS) is 16.6. The van der Waals surface area contributed by atoms with E-state index in [9.17, 15) is 9.59 Å². The summed E-state index contributed by atoms with van der Waals surface area (Å²) in [5, 5.41) is 22.7. The fourth-order valence-corrected chi connectivity index (χ4v) is 4.92. The second-order valence-corrected chi connectivity index (χ2v) is 9.92. The SMILES string of the molecule is CCn1nncc1Cn1cc(NC(=O)[C@@H](NC(=O)c2ccnn2C(C)C)C(C2CC2)C2CC2)cn1. The summed E-state index contributed by atoms with van der Waals surface area (Å²) in [6.45, 7) is 7.19. The first kappa shape index (κ1) is 23.3. The third-order valence-electron chi connectivity index (χ3n) is 6.90. The van der Waals surface area contributed by atoms with Crippen LogP contribution in [-0.4, -0.2) is 52.4 Å². The number of carbonyl (C=O) groups excluding carboxylic acids is 2. The summed E-state index contributed by atoms with van der Waals surface area (Å²) in [6, 6.07) is 1.14. The van der Waals surface area contributed by atoms with Gasteiger partial charge in [-0.15, -0.1) is 5.10 Å². The average molecular weight is 480 g/mol. The summed E-state index contributed by atoms with van der Waals surface area (Å²) in [5.41, 5.74) is 2.00. The number of amides is 2. The molecular weight excluding hydrogens is 446 g/mol. The number of anilines is 1. The van der Waals surface area contributed by atoms with Gasteiger partial charge >= 0.3 is 0 Å². The molecule has 2 aliphatic carbocycles. The second-order valence-electron chi connectivity index (χ2n) is 9.92. The molecule has 0 saturated heterocycles. The molecule has 3 heterocycles. The zero-order valence-corrected chi connectivity index (χ0v) is 20.5. The van der Waals surface area contributed by atoms with Gasteiger partial charge in [0.25, 0.3) is 5.91 Å². The quantitative estimate of drug-likeness (QED) is 0.435. The number of aryl methyl sites for hydroxylation is 1. The lowest BCUT2D eigenvalue weighted by molar-refractivity contribution is -0.119. The third kappa shape index (κ3) is 5.13. The highest BCUT2D eigenvalue weighted by atomic mass is 16.2. The van der Waals surface area contributed by atoms with Crippen LogP contribution in [0.5, 0.6) is 0 Å². The fourth-order valence-electron chi connectivity index (χ4n) is 4.92. The van der Waals surface area contributed by atoms with Gasteiger partial charge in [-0.05, 0) is 70.3 Å². The molecule has 3 aromatic heterocycles. The van der Waals surface area contributed by atoms with Crippen LogP contribution < -0.4 is 10.6 Å². The van der Waals surface area contributed by atoms with Crippen molar-refractivity contribution in [2.24, 2.45) is 17.8 Å². The van der Waals surface area contributed by atoms with Crippen LogP contribution in [0.2, 0.25) is 0 Å². The van der Waals surface area contributed by atoms with Crippen molar-refractivity contribution in [2.75, 3.05) is 5.32 Å². The molecule has 2 fully saturated rings. The van der Waals surface area contributed by atoms with Crippen molar-refractivity contribution in [1.29, 1.82) is 0 Å². The summed E-state index contributed by atoms with van der Waals surface area (Å²) >= 11 is 0. The van der Waals surface area contributed by atoms with Gasteiger partial charge in [0.05, 0.1) is 30.3 Å². The molecule has 0 spiro atoms. The van der Waals surface area contributed by atoms with Gasteiger partial charge in [-0.2, -0.15) is 10.2 Å². The Labute approximate surface area is 204 Å². The molecule has 5 rings (SSSR count). The molecule has 11 heteroatoms. The van der Waals surface area contributed by atoms with Gasteiger partial charge in [0.1, 0.15) is 11.7 Å². The first-order valence-corrected chi connectivity index (χ1v) is 12.5. The highest BCUT2D eigenvalue weighted by molar-refractivity contribution is 6.00. The van der Waals surface area contributed by atoms with Crippen molar-refractivity contribution in [3.8, 4) is 0 Å². The van der Waals surface area contributed by atoms with Crippen LogP contribution in [0.1, 0.15) is 68.7 Å². The number of rotatable bonds is 11. The van der Waals surface area contributed by atoms with E-state index in [2.05, 4.69) is 31.1 Å². The van der Waals surface area contributed by atoms with Crippen molar-refractivity contribution >= 4 is 17.5 Å². The number of aromatic nitrogens is 7. The number of hydrogen-bond acceptors (Lipinski definition) is 6. The summed E-state index contributed by atoms with van der Waals surface area (Å²) in [6.07, 6.45) is 11.2. The van der Waals surface area contributed by atoms with E-state index in [1.807, 2.05) is 25.5 Å². The topological polar surface area (TPSA) is 125 Å². The van der Waals surface area contributed by atoms with Gasteiger partial charge in [0.15, 0.2) is 0 Å². The van der Waals surface area contributed by atoms with Crippen LogP contribution in [0.15, 0.2) is 30.9 Å². The lowest BCUT2D eigenvalue weighted by Crippen LogP contribution is -2.50. The molecule has 2 amide bonds. The molecule has 3 aromatic rings. The fraction of sp³-hybridized carbons (Fsp3) is 0.583. The van der Waals surface area contributed by atoms with E-state index >= 15 is 0 Å². The molecule has 0 bridgehead atoms. The van der Waals surface area contributed by atoms with E-state index in [-0.39, 0.29) is 23.8 Å². The van der Waals surface area contributed by atoms with E-state index in [0.717, 1.165) is 37.9 Å². The Kier molecular flexibility index (Phi) is 6.40. The van der Waals surface area contributed by atoms with Crippen molar-refractivity contribution in [1.82, 2.24) is 39.9 Å². The van der Waals surface area contributed by atoms with Gasteiger partial charge in [0.2, 0.25) is 5.91 Å². The number of hydrogen-bond donors (Lipinski definition) is 2. The van der Waals surface area contributed by atoms with Crippen LogP contribution >= 0.6 is 0 Å². The molecule has 0 aliphatic heterocycles. The van der Waals surface area contributed by atoms with Gasteiger partial charge in [-0.3, -0.25) is 19.0 Å². The summed E-state index contributed by atoms with van der Waals surface area (Å²) < 4.78 is 5.24. The average Bonchev–Trinajstić information content (AvgIpc) is 3.70. The van der Waals surface area contributed by atoms with Crippen LogP contribution in [-0.2, 0) is 17.9 Å². The van der Waals surface area contributed by atoms with Crippen molar-refractivity contribution in [3.63, 3.8) is 0 Å². The van der Waals surface area contributed by atoms with E-state index in [4.69, 9.17) is 0 Å². The third-order valence-corrected chi connectivity index (χ3v) is 6.90. The van der Waals surface area contributed by atoms with E-state index in [0.29, 0.717) is 29.8 Å². The maximum absolute atomic E-state index is 13.6. The number of nitrogens with zero attached hydrogens (tertiary/aromatic N) is 7. The maximum Gasteiger partial charge on any atom is 0.270 e. The molecule has 1 atom stereocenters. The predicted octanol–water partition coefficient (Wildman–Crippen LogP) is 2.49. The molecule has 2 aliphatic rings. The van der Waals surface area contributed by atoms with E-state index in [1.165, 1.54) is 0 Å². The second kappa shape index (κ2) is 9.63. The Morgan fingerprint density at radius 1 is 1.11 bits per heavy atom. The lowest BCUT2D eigenvalue weighted by atomic mass is 9.88. The Balaban J connectivity index is 1.32. The molecule has 0 aromatic carbocycles. The van der Waals surface area contributed by atoms with Crippen molar-refractivity contribution in [3.05, 3.63) is 42.2 Å². The van der Waals surface area contributed by atoms with Gasteiger partial charge < -0.3 is 10.6 Å². The maximum atomic E-state index is 13.6. The summed E-state index contributed by atoms with van der Waals surface area (Å²) in [4.78, 5) is 26.8. The Hall–Kier alpha value is -3.50. The standard InChI is InChI=1S/C24H33N9O2/c1-4-32-19(12-25-30-32)14-31-13-18(11-27-31)28-24(35)22(21(16-5-6-16)17-7-8-17)29-23(34)20-9-10-26-33(20)15(2)3/h9-13,15-17,21-22H,4-8,14H2,1-3H3,(H,28,35)(H,29,34)/t22-/m0/s1. The van der Waals surface area contributed by atoms with Crippen LogP contribution in [0.4, 0.5) is 5.69 Å². The van der Waals surface area contributed by atoms with E-state index < -0.39 is 6.04 Å². The predicted molar refractivity (Wildman–Crippen MR) is 128 cm³/mol. The molecule has 0 unspecified atom stereocenters. The summed E-state index contributed by atoms with van der Waals surface area (Å²) in [5.74, 6) is 0.655. The molecule has 0 radical (unpaired) electrons. The molecule has 11 nitrogen and oxygen atoms in total. The Morgan fingerprint density at radius 3 is 2.51 bits per heavy atom. The molecule has 186 valence electrons. The van der Waals surface area contributed by atoms with Crippen molar-refractivity contribution < 1.29 is 9.59 Å². The largest absolute Gasteiger partial charge is 0.339 e. The minimum Gasteiger partial charge on any atom is -0.339 e. The zero-order valence-electron chi connectivity index (χ0n) is 20.5. The molecule has 35 heavy (non-hydrogen) atoms. The highest BCUT2D eigenvalue weighted by Crippen LogP contribution is 2.50. The first-order valence-electron chi connectivity index (χ1n) is 12.5.